The fourth-order valence-electron chi connectivity index (χ4n) is 4.57. The lowest BCUT2D eigenvalue weighted by Gasteiger charge is -2.19. The maximum atomic E-state index is 13.8. The van der Waals surface area contributed by atoms with Crippen LogP contribution in [0.1, 0.15) is 33.4 Å². The minimum atomic E-state index is -0.251. The summed E-state index contributed by atoms with van der Waals surface area (Å²) in [5.74, 6) is -0.251. The average molecular weight is 480 g/mol. The summed E-state index contributed by atoms with van der Waals surface area (Å²) in [4.78, 5) is 5.28. The SMILES string of the molecule is Cc1ccc(-c2nc(-c3ccc(F)cc3)c3cc(C)c(C)cc3c2Cc2ccc(Cl)cc2)cc1C. The van der Waals surface area contributed by atoms with E-state index in [0.29, 0.717) is 0 Å². The monoisotopic (exact) mass is 479 g/mol. The first-order chi connectivity index (χ1) is 16.8. The molecule has 5 aromatic rings. The van der Waals surface area contributed by atoms with Gasteiger partial charge in [0, 0.05) is 28.0 Å². The molecule has 174 valence electrons. The van der Waals surface area contributed by atoms with E-state index in [2.05, 4.69) is 70.2 Å². The summed E-state index contributed by atoms with van der Waals surface area (Å²) in [7, 11) is 0. The Hall–Kier alpha value is -3.49. The van der Waals surface area contributed by atoms with Crippen LogP contribution in [0.4, 0.5) is 4.39 Å². The summed E-state index contributed by atoms with van der Waals surface area (Å²) in [5.41, 5.74) is 11.1. The van der Waals surface area contributed by atoms with Crippen molar-refractivity contribution in [2.45, 2.75) is 34.1 Å². The Morgan fingerprint density at radius 3 is 1.89 bits per heavy atom. The number of rotatable bonds is 4. The average Bonchev–Trinajstić information content (AvgIpc) is 2.84. The van der Waals surface area contributed by atoms with Crippen LogP contribution in [0.25, 0.3) is 33.3 Å². The van der Waals surface area contributed by atoms with Crippen molar-refractivity contribution in [3.63, 3.8) is 0 Å². The van der Waals surface area contributed by atoms with E-state index in [-0.39, 0.29) is 5.82 Å². The molecule has 1 heterocycles. The molecule has 1 nitrogen and oxygen atoms in total. The first-order valence-corrected chi connectivity index (χ1v) is 12.2. The maximum Gasteiger partial charge on any atom is 0.123 e. The smallest absolute Gasteiger partial charge is 0.123 e. The number of benzene rings is 4. The third-order valence-electron chi connectivity index (χ3n) is 6.92. The van der Waals surface area contributed by atoms with Crippen LogP contribution < -0.4 is 0 Å². The fourth-order valence-corrected chi connectivity index (χ4v) is 4.70. The van der Waals surface area contributed by atoms with Crippen LogP contribution in [-0.4, -0.2) is 4.98 Å². The topological polar surface area (TPSA) is 12.9 Å². The van der Waals surface area contributed by atoms with Crippen LogP contribution in [-0.2, 0) is 6.42 Å². The van der Waals surface area contributed by atoms with Crippen LogP contribution in [0.5, 0.6) is 0 Å². The van der Waals surface area contributed by atoms with Gasteiger partial charge in [-0.3, -0.25) is 0 Å². The van der Waals surface area contributed by atoms with Crippen molar-refractivity contribution in [3.05, 3.63) is 123 Å². The van der Waals surface area contributed by atoms with Gasteiger partial charge in [0.2, 0.25) is 0 Å². The van der Waals surface area contributed by atoms with Crippen LogP contribution in [0.15, 0.2) is 78.9 Å². The minimum absolute atomic E-state index is 0.251. The van der Waals surface area contributed by atoms with Crippen molar-refractivity contribution in [2.75, 3.05) is 0 Å². The highest BCUT2D eigenvalue weighted by Crippen LogP contribution is 2.38. The van der Waals surface area contributed by atoms with Gasteiger partial charge in [-0.15, -0.1) is 0 Å². The molecule has 0 N–H and O–H groups in total. The fraction of sp³-hybridized carbons (Fsp3) is 0.156. The first kappa shape index (κ1) is 23.3. The number of hydrogen-bond acceptors (Lipinski definition) is 1. The Kier molecular flexibility index (Phi) is 6.17. The van der Waals surface area contributed by atoms with Gasteiger partial charge < -0.3 is 0 Å². The van der Waals surface area contributed by atoms with E-state index in [1.54, 1.807) is 0 Å². The molecule has 0 atom stereocenters. The van der Waals surface area contributed by atoms with Crippen LogP contribution >= 0.6 is 11.6 Å². The number of halogens is 2. The predicted molar refractivity (Wildman–Crippen MR) is 146 cm³/mol. The van der Waals surface area contributed by atoms with Crippen molar-refractivity contribution in [3.8, 4) is 22.5 Å². The third-order valence-corrected chi connectivity index (χ3v) is 7.17. The summed E-state index contributed by atoms with van der Waals surface area (Å²) >= 11 is 6.17. The quantitative estimate of drug-likeness (QED) is 0.250. The standard InChI is InChI=1S/C32H27ClFN/c1-19-5-8-25(15-20(19)2)32-30(18-23-6-11-26(33)12-7-23)28-16-21(3)22(4)17-29(28)31(35-32)24-9-13-27(34)14-10-24/h5-17H,18H2,1-4H3. The number of aromatic nitrogens is 1. The molecule has 0 aliphatic carbocycles. The number of pyridine rings is 1. The zero-order valence-electron chi connectivity index (χ0n) is 20.4. The molecule has 0 amide bonds. The Labute approximate surface area is 211 Å². The van der Waals surface area contributed by atoms with Crippen molar-refractivity contribution < 1.29 is 4.39 Å². The zero-order chi connectivity index (χ0) is 24.7. The molecule has 0 saturated carbocycles. The molecule has 3 heteroatoms. The lowest BCUT2D eigenvalue weighted by atomic mass is 9.89. The number of aryl methyl sites for hydroxylation is 4. The number of nitrogens with zero attached hydrogens (tertiary/aromatic N) is 1. The van der Waals surface area contributed by atoms with Gasteiger partial charge >= 0.3 is 0 Å². The van der Waals surface area contributed by atoms with Gasteiger partial charge in [0.05, 0.1) is 11.4 Å². The van der Waals surface area contributed by atoms with E-state index < -0.39 is 0 Å². The maximum absolute atomic E-state index is 13.8. The lowest BCUT2D eigenvalue weighted by molar-refractivity contribution is 0.628. The van der Waals surface area contributed by atoms with Gasteiger partial charge in [-0.2, -0.15) is 0 Å². The molecule has 0 radical (unpaired) electrons. The Morgan fingerprint density at radius 2 is 1.23 bits per heavy atom. The van der Waals surface area contributed by atoms with E-state index in [0.717, 1.165) is 39.3 Å². The van der Waals surface area contributed by atoms with Gasteiger partial charge in [-0.25, -0.2) is 9.37 Å². The summed E-state index contributed by atoms with van der Waals surface area (Å²) in [5, 5.41) is 2.98. The second-order valence-electron chi connectivity index (χ2n) is 9.38. The van der Waals surface area contributed by atoms with E-state index in [1.165, 1.54) is 50.9 Å². The molecule has 0 aliphatic heterocycles. The molecule has 0 unspecified atom stereocenters. The Bertz CT molecular complexity index is 1550. The minimum Gasteiger partial charge on any atom is -0.247 e. The van der Waals surface area contributed by atoms with Crippen LogP contribution in [0, 0.1) is 33.5 Å². The molecule has 0 spiro atoms. The number of fused-ring (bicyclic) bond motifs is 1. The molecule has 4 aromatic carbocycles. The van der Waals surface area contributed by atoms with Crippen molar-refractivity contribution >= 4 is 22.4 Å². The van der Waals surface area contributed by atoms with Crippen LogP contribution in [0.3, 0.4) is 0 Å². The number of hydrogen-bond donors (Lipinski definition) is 0. The van der Waals surface area contributed by atoms with Gasteiger partial charge in [-0.05, 0) is 115 Å². The van der Waals surface area contributed by atoms with Crippen molar-refractivity contribution in [2.24, 2.45) is 0 Å². The molecule has 0 aliphatic rings. The molecular weight excluding hydrogens is 453 g/mol. The summed E-state index contributed by atoms with van der Waals surface area (Å²) in [6.07, 6.45) is 0.731. The first-order valence-electron chi connectivity index (χ1n) is 11.8. The van der Waals surface area contributed by atoms with Crippen molar-refractivity contribution in [1.29, 1.82) is 0 Å². The predicted octanol–water partition coefficient (Wildman–Crippen LogP) is 9.19. The lowest BCUT2D eigenvalue weighted by Crippen LogP contribution is -2.02. The van der Waals surface area contributed by atoms with Gasteiger partial charge in [0.1, 0.15) is 5.82 Å². The van der Waals surface area contributed by atoms with E-state index in [9.17, 15) is 4.39 Å². The normalized spacial score (nSPS) is 11.3. The highest BCUT2D eigenvalue weighted by Gasteiger charge is 2.19. The van der Waals surface area contributed by atoms with E-state index in [1.807, 2.05) is 24.3 Å². The Balaban J connectivity index is 1.86. The van der Waals surface area contributed by atoms with Gasteiger partial charge in [0.15, 0.2) is 0 Å². The molecular formula is C32H27ClFN. The summed E-state index contributed by atoms with van der Waals surface area (Å²) < 4.78 is 13.8. The van der Waals surface area contributed by atoms with Crippen LogP contribution in [0.2, 0.25) is 5.02 Å². The second-order valence-corrected chi connectivity index (χ2v) is 9.82. The van der Waals surface area contributed by atoms with E-state index >= 15 is 0 Å². The molecule has 0 saturated heterocycles. The zero-order valence-corrected chi connectivity index (χ0v) is 21.2. The van der Waals surface area contributed by atoms with Gasteiger partial charge in [0.25, 0.3) is 0 Å². The Morgan fingerprint density at radius 1 is 0.629 bits per heavy atom. The van der Waals surface area contributed by atoms with Gasteiger partial charge in [-0.1, -0.05) is 41.9 Å². The third kappa shape index (κ3) is 4.59. The molecule has 5 rings (SSSR count). The van der Waals surface area contributed by atoms with E-state index in [4.69, 9.17) is 16.6 Å². The van der Waals surface area contributed by atoms with Crippen molar-refractivity contribution in [1.82, 2.24) is 4.98 Å². The summed E-state index contributed by atoms with van der Waals surface area (Å²) in [6.45, 7) is 8.53. The highest BCUT2D eigenvalue weighted by atomic mass is 35.5. The molecule has 35 heavy (non-hydrogen) atoms. The largest absolute Gasteiger partial charge is 0.247 e. The molecule has 0 bridgehead atoms. The summed E-state index contributed by atoms with van der Waals surface area (Å²) in [6, 6.07) is 25.7. The molecule has 0 fully saturated rings. The highest BCUT2D eigenvalue weighted by molar-refractivity contribution is 6.30. The second kappa shape index (κ2) is 9.28. The molecule has 1 aromatic heterocycles.